The van der Waals surface area contributed by atoms with E-state index in [4.69, 9.17) is 4.74 Å². The number of ether oxygens (including phenoxy) is 1. The summed E-state index contributed by atoms with van der Waals surface area (Å²) in [5.74, 6) is -0.242. The van der Waals surface area contributed by atoms with Crippen LogP contribution in [0.25, 0.3) is 0 Å². The quantitative estimate of drug-likeness (QED) is 0.557. The van der Waals surface area contributed by atoms with Crippen molar-refractivity contribution in [2.45, 2.75) is 26.4 Å². The summed E-state index contributed by atoms with van der Waals surface area (Å²) in [6.07, 6.45) is 4.37. The summed E-state index contributed by atoms with van der Waals surface area (Å²) in [6, 6.07) is 9.99. The zero-order valence-electron chi connectivity index (χ0n) is 9.14. The normalized spacial score (nSPS) is 12.7. The Morgan fingerprint density at radius 1 is 1.40 bits per heavy atom. The Kier molecular flexibility index (Phi) is 4.61. The van der Waals surface area contributed by atoms with Gasteiger partial charge in [-0.15, -0.1) is 0 Å². The van der Waals surface area contributed by atoms with E-state index in [9.17, 15) is 4.79 Å². The molecule has 0 radical (unpaired) electrons. The third kappa shape index (κ3) is 4.45. The lowest BCUT2D eigenvalue weighted by Gasteiger charge is -2.12. The molecule has 0 heterocycles. The number of carbonyl (C=O) groups is 1. The minimum absolute atomic E-state index is 0.158. The Morgan fingerprint density at radius 3 is 2.60 bits per heavy atom. The average Bonchev–Trinajstić information content (AvgIpc) is 2.18. The summed E-state index contributed by atoms with van der Waals surface area (Å²) in [4.78, 5) is 10.9. The van der Waals surface area contributed by atoms with Gasteiger partial charge in [0.25, 0.3) is 0 Å². The largest absolute Gasteiger partial charge is 0.458 e. The molecular weight excluding hydrogens is 188 g/mol. The monoisotopic (exact) mass is 204 g/mol. The molecule has 0 N–H and O–H groups in total. The van der Waals surface area contributed by atoms with Gasteiger partial charge in [-0.1, -0.05) is 36.4 Å². The van der Waals surface area contributed by atoms with Crippen LogP contribution in [0.1, 0.15) is 19.4 Å². The van der Waals surface area contributed by atoms with E-state index in [1.807, 2.05) is 49.4 Å². The molecule has 80 valence electrons. The van der Waals surface area contributed by atoms with E-state index < -0.39 is 0 Å². The topological polar surface area (TPSA) is 26.3 Å². The molecule has 0 spiro atoms. The molecule has 0 aliphatic rings. The SMILES string of the molecule is C/C=C/C(Cc1ccccc1)OC(C)=O. The highest BCUT2D eigenvalue weighted by Gasteiger charge is 2.08. The van der Waals surface area contributed by atoms with Gasteiger partial charge in [-0.05, 0) is 18.6 Å². The first-order valence-corrected chi connectivity index (χ1v) is 5.06. The third-order valence-corrected chi connectivity index (χ3v) is 2.00. The van der Waals surface area contributed by atoms with Crippen LogP contribution in [0.15, 0.2) is 42.5 Å². The summed E-state index contributed by atoms with van der Waals surface area (Å²) in [5, 5.41) is 0. The van der Waals surface area contributed by atoms with E-state index in [1.165, 1.54) is 12.5 Å². The molecule has 0 aliphatic heterocycles. The highest BCUT2D eigenvalue weighted by Crippen LogP contribution is 2.07. The fourth-order valence-corrected chi connectivity index (χ4v) is 1.42. The molecule has 15 heavy (non-hydrogen) atoms. The lowest BCUT2D eigenvalue weighted by molar-refractivity contribution is -0.144. The standard InChI is InChI=1S/C13H16O2/c1-3-7-13(15-11(2)14)10-12-8-5-4-6-9-12/h3-9,13H,10H2,1-2H3/b7-3+. The lowest BCUT2D eigenvalue weighted by Crippen LogP contribution is -2.16. The summed E-state index contributed by atoms with van der Waals surface area (Å²) in [5.41, 5.74) is 1.17. The average molecular weight is 204 g/mol. The number of esters is 1. The third-order valence-electron chi connectivity index (χ3n) is 2.00. The Morgan fingerprint density at radius 2 is 2.07 bits per heavy atom. The summed E-state index contributed by atoms with van der Waals surface area (Å²) < 4.78 is 5.17. The number of rotatable bonds is 4. The molecule has 1 aromatic rings. The van der Waals surface area contributed by atoms with Crippen molar-refractivity contribution in [3.63, 3.8) is 0 Å². The fraction of sp³-hybridized carbons (Fsp3) is 0.308. The molecule has 0 saturated carbocycles. The minimum Gasteiger partial charge on any atom is -0.458 e. The van der Waals surface area contributed by atoms with Crippen LogP contribution in [-0.2, 0) is 16.0 Å². The van der Waals surface area contributed by atoms with Crippen molar-refractivity contribution in [2.75, 3.05) is 0 Å². The van der Waals surface area contributed by atoms with Crippen molar-refractivity contribution < 1.29 is 9.53 Å². The van der Waals surface area contributed by atoms with Crippen molar-refractivity contribution in [3.8, 4) is 0 Å². The molecule has 0 bridgehead atoms. The van der Waals surface area contributed by atoms with Gasteiger partial charge in [-0.3, -0.25) is 4.79 Å². The summed E-state index contributed by atoms with van der Waals surface area (Å²) in [7, 11) is 0. The second-order valence-corrected chi connectivity index (χ2v) is 3.36. The van der Waals surface area contributed by atoms with Crippen LogP contribution in [-0.4, -0.2) is 12.1 Å². The van der Waals surface area contributed by atoms with Crippen LogP contribution in [0.4, 0.5) is 0 Å². The fourth-order valence-electron chi connectivity index (χ4n) is 1.42. The van der Waals surface area contributed by atoms with Gasteiger partial charge in [0.05, 0.1) is 0 Å². The van der Waals surface area contributed by atoms with Crippen LogP contribution < -0.4 is 0 Å². The van der Waals surface area contributed by atoms with Gasteiger partial charge in [-0.2, -0.15) is 0 Å². The van der Waals surface area contributed by atoms with Gasteiger partial charge in [-0.25, -0.2) is 0 Å². The smallest absolute Gasteiger partial charge is 0.303 e. The zero-order valence-corrected chi connectivity index (χ0v) is 9.14. The van der Waals surface area contributed by atoms with Crippen LogP contribution in [0.3, 0.4) is 0 Å². The lowest BCUT2D eigenvalue weighted by atomic mass is 10.1. The molecule has 0 amide bonds. The van der Waals surface area contributed by atoms with Gasteiger partial charge in [0, 0.05) is 13.3 Å². The van der Waals surface area contributed by atoms with Gasteiger partial charge < -0.3 is 4.74 Å². The first-order valence-electron chi connectivity index (χ1n) is 5.06. The van der Waals surface area contributed by atoms with Crippen molar-refractivity contribution in [1.82, 2.24) is 0 Å². The number of hydrogen-bond donors (Lipinski definition) is 0. The van der Waals surface area contributed by atoms with Crippen LogP contribution in [0.2, 0.25) is 0 Å². The molecule has 1 atom stereocenters. The van der Waals surface area contributed by atoms with Crippen molar-refractivity contribution in [2.24, 2.45) is 0 Å². The van der Waals surface area contributed by atoms with Gasteiger partial charge in [0.2, 0.25) is 0 Å². The van der Waals surface area contributed by atoms with Crippen molar-refractivity contribution in [1.29, 1.82) is 0 Å². The number of carbonyl (C=O) groups excluding carboxylic acids is 1. The first-order chi connectivity index (χ1) is 7.22. The second-order valence-electron chi connectivity index (χ2n) is 3.36. The Labute approximate surface area is 90.6 Å². The molecule has 2 heteroatoms. The maximum absolute atomic E-state index is 10.9. The molecule has 2 nitrogen and oxygen atoms in total. The highest BCUT2D eigenvalue weighted by atomic mass is 16.5. The van der Waals surface area contributed by atoms with Crippen LogP contribution in [0.5, 0.6) is 0 Å². The van der Waals surface area contributed by atoms with E-state index in [0.717, 1.165) is 6.42 Å². The Hall–Kier alpha value is -1.57. The predicted molar refractivity (Wildman–Crippen MR) is 60.5 cm³/mol. The van der Waals surface area contributed by atoms with E-state index >= 15 is 0 Å². The van der Waals surface area contributed by atoms with Gasteiger partial charge in [0.1, 0.15) is 6.10 Å². The van der Waals surface area contributed by atoms with Crippen LogP contribution in [0, 0.1) is 0 Å². The van der Waals surface area contributed by atoms with E-state index in [2.05, 4.69) is 0 Å². The Bertz CT molecular complexity index is 328. The molecule has 1 unspecified atom stereocenters. The zero-order chi connectivity index (χ0) is 11.1. The highest BCUT2D eigenvalue weighted by molar-refractivity contribution is 5.66. The maximum atomic E-state index is 10.9. The van der Waals surface area contributed by atoms with Crippen molar-refractivity contribution in [3.05, 3.63) is 48.0 Å². The maximum Gasteiger partial charge on any atom is 0.303 e. The molecular formula is C13H16O2. The second kappa shape index (κ2) is 6.02. The summed E-state index contributed by atoms with van der Waals surface area (Å²) in [6.45, 7) is 3.35. The molecule has 0 aliphatic carbocycles. The molecule has 0 saturated heterocycles. The minimum atomic E-state index is -0.242. The molecule has 1 rings (SSSR count). The number of hydrogen-bond acceptors (Lipinski definition) is 2. The van der Waals surface area contributed by atoms with E-state index in [1.54, 1.807) is 0 Å². The first kappa shape index (κ1) is 11.5. The van der Waals surface area contributed by atoms with E-state index in [-0.39, 0.29) is 12.1 Å². The van der Waals surface area contributed by atoms with E-state index in [0.29, 0.717) is 0 Å². The van der Waals surface area contributed by atoms with Crippen LogP contribution >= 0.6 is 0 Å². The number of benzene rings is 1. The van der Waals surface area contributed by atoms with Crippen molar-refractivity contribution >= 4 is 5.97 Å². The molecule has 0 fully saturated rings. The van der Waals surface area contributed by atoms with Gasteiger partial charge in [0.15, 0.2) is 0 Å². The molecule has 0 aromatic heterocycles. The Balaban J connectivity index is 2.62. The predicted octanol–water partition coefficient (Wildman–Crippen LogP) is 2.74. The summed E-state index contributed by atoms with van der Waals surface area (Å²) >= 11 is 0. The molecule has 1 aromatic carbocycles. The van der Waals surface area contributed by atoms with Gasteiger partial charge >= 0.3 is 5.97 Å². The number of allylic oxidation sites excluding steroid dienone is 1.